The molecule has 1 aromatic carbocycles. The van der Waals surface area contributed by atoms with Crippen LogP contribution in [0.3, 0.4) is 0 Å². The van der Waals surface area contributed by atoms with Gasteiger partial charge >= 0.3 is 0 Å². The highest BCUT2D eigenvalue weighted by Crippen LogP contribution is 2.31. The smallest absolute Gasteiger partial charge is 0.168 e. The van der Waals surface area contributed by atoms with Crippen LogP contribution in [0.1, 0.15) is 0 Å². The summed E-state index contributed by atoms with van der Waals surface area (Å²) in [5, 5.41) is 4.04. The van der Waals surface area contributed by atoms with E-state index in [9.17, 15) is 0 Å². The van der Waals surface area contributed by atoms with Gasteiger partial charge in [0.15, 0.2) is 5.11 Å². The third kappa shape index (κ3) is 1.90. The Hall–Kier alpha value is -1.88. The van der Waals surface area contributed by atoms with Crippen molar-refractivity contribution in [3.05, 3.63) is 30.5 Å². The second-order valence-electron chi connectivity index (χ2n) is 3.20. The molecule has 1 aromatic heterocycles. The Balaban J connectivity index is 2.67. The number of benzene rings is 1. The van der Waals surface area contributed by atoms with Crippen molar-refractivity contribution in [1.29, 1.82) is 0 Å². The molecule has 0 unspecified atom stereocenters. The summed E-state index contributed by atoms with van der Waals surface area (Å²) in [7, 11) is 1.60. The predicted octanol–water partition coefficient (Wildman–Crippen LogP) is 1.90. The number of rotatable bonds is 2. The number of nitrogens with one attached hydrogen (secondary N) is 1. The molecule has 82 valence electrons. The summed E-state index contributed by atoms with van der Waals surface area (Å²) in [6, 6.07) is 7.51. The van der Waals surface area contributed by atoms with E-state index in [1.807, 2.05) is 24.3 Å². The average Bonchev–Trinajstić information content (AvgIpc) is 2.29. The molecule has 3 N–H and O–H groups in total. The van der Waals surface area contributed by atoms with Crippen molar-refractivity contribution in [2.45, 2.75) is 0 Å². The molecule has 0 saturated heterocycles. The van der Waals surface area contributed by atoms with Crippen LogP contribution >= 0.6 is 12.2 Å². The van der Waals surface area contributed by atoms with E-state index in [1.54, 1.807) is 13.3 Å². The van der Waals surface area contributed by atoms with Crippen molar-refractivity contribution in [3.8, 4) is 5.75 Å². The van der Waals surface area contributed by atoms with Gasteiger partial charge in [-0.25, -0.2) is 0 Å². The van der Waals surface area contributed by atoms with E-state index in [2.05, 4.69) is 10.3 Å². The van der Waals surface area contributed by atoms with Crippen molar-refractivity contribution >= 4 is 33.9 Å². The van der Waals surface area contributed by atoms with Crippen molar-refractivity contribution in [1.82, 2.24) is 4.98 Å². The number of thiocarbonyl (C=S) groups is 1. The van der Waals surface area contributed by atoms with Crippen LogP contribution < -0.4 is 15.8 Å². The number of aromatic nitrogens is 1. The monoisotopic (exact) mass is 233 g/mol. The average molecular weight is 233 g/mol. The minimum Gasteiger partial charge on any atom is -0.495 e. The standard InChI is InChI=1S/C11H11N3OS/c1-15-9-5-4-8-7(3-2-6-13-8)10(9)14-11(12)16/h2-6H,1H3,(H3,12,14,16). The SMILES string of the molecule is COc1ccc2ncccc2c1NC(N)=S. The van der Waals surface area contributed by atoms with Crippen LogP contribution in [0.15, 0.2) is 30.5 Å². The molecule has 0 aliphatic rings. The van der Waals surface area contributed by atoms with E-state index in [0.29, 0.717) is 5.75 Å². The molecule has 16 heavy (non-hydrogen) atoms. The Morgan fingerprint density at radius 1 is 1.44 bits per heavy atom. The summed E-state index contributed by atoms with van der Waals surface area (Å²) in [5.74, 6) is 0.688. The molecule has 0 fully saturated rings. The number of anilines is 1. The number of pyridine rings is 1. The fourth-order valence-electron chi connectivity index (χ4n) is 1.55. The highest BCUT2D eigenvalue weighted by Gasteiger charge is 2.08. The molecule has 0 spiro atoms. The third-order valence-corrected chi connectivity index (χ3v) is 2.32. The fraction of sp³-hybridized carbons (Fsp3) is 0.0909. The minimum absolute atomic E-state index is 0.203. The largest absolute Gasteiger partial charge is 0.495 e. The fourth-order valence-corrected chi connectivity index (χ4v) is 1.66. The quantitative estimate of drug-likeness (QED) is 0.776. The Kier molecular flexibility index (Phi) is 2.87. The Labute approximate surface area is 98.4 Å². The Morgan fingerprint density at radius 2 is 2.25 bits per heavy atom. The van der Waals surface area contributed by atoms with Crippen molar-refractivity contribution in [3.63, 3.8) is 0 Å². The maximum absolute atomic E-state index is 5.48. The summed E-state index contributed by atoms with van der Waals surface area (Å²) in [6.45, 7) is 0. The molecule has 2 aromatic rings. The number of hydrogen-bond acceptors (Lipinski definition) is 3. The molecule has 0 saturated carbocycles. The number of fused-ring (bicyclic) bond motifs is 1. The molecule has 1 heterocycles. The van der Waals surface area contributed by atoms with Gasteiger partial charge in [0.1, 0.15) is 5.75 Å². The zero-order valence-electron chi connectivity index (χ0n) is 8.73. The number of methoxy groups -OCH3 is 1. The molecule has 2 rings (SSSR count). The van der Waals surface area contributed by atoms with Gasteiger partial charge in [-0.1, -0.05) is 0 Å². The first-order chi connectivity index (χ1) is 7.72. The van der Waals surface area contributed by atoms with Crippen LogP contribution in [0, 0.1) is 0 Å². The molecule has 4 nitrogen and oxygen atoms in total. The Bertz CT molecular complexity index is 542. The van der Waals surface area contributed by atoms with E-state index in [4.69, 9.17) is 22.7 Å². The second-order valence-corrected chi connectivity index (χ2v) is 3.64. The number of hydrogen-bond donors (Lipinski definition) is 2. The van der Waals surface area contributed by atoms with Crippen LogP contribution in [0.25, 0.3) is 10.9 Å². The maximum atomic E-state index is 5.48. The van der Waals surface area contributed by atoms with Gasteiger partial charge in [0.05, 0.1) is 18.3 Å². The summed E-state index contributed by atoms with van der Waals surface area (Å²) in [5.41, 5.74) is 7.10. The van der Waals surface area contributed by atoms with E-state index in [1.165, 1.54) is 0 Å². The zero-order chi connectivity index (χ0) is 11.5. The molecule has 0 bridgehead atoms. The lowest BCUT2D eigenvalue weighted by Crippen LogP contribution is -2.19. The third-order valence-electron chi connectivity index (χ3n) is 2.21. The first-order valence-electron chi connectivity index (χ1n) is 4.70. The van der Waals surface area contributed by atoms with Gasteiger partial charge in [0, 0.05) is 11.6 Å². The first-order valence-corrected chi connectivity index (χ1v) is 5.11. The van der Waals surface area contributed by atoms with Gasteiger partial charge < -0.3 is 15.8 Å². The van der Waals surface area contributed by atoms with E-state index >= 15 is 0 Å². The number of nitrogens with two attached hydrogens (primary N) is 1. The van der Waals surface area contributed by atoms with Crippen LogP contribution in [-0.2, 0) is 0 Å². The lowest BCUT2D eigenvalue weighted by atomic mass is 10.1. The lowest BCUT2D eigenvalue weighted by Gasteiger charge is -2.12. The summed E-state index contributed by atoms with van der Waals surface area (Å²) in [6.07, 6.45) is 1.74. The highest BCUT2D eigenvalue weighted by molar-refractivity contribution is 7.80. The van der Waals surface area contributed by atoms with Crippen LogP contribution in [-0.4, -0.2) is 17.2 Å². The number of ether oxygens (including phenoxy) is 1. The number of nitrogens with zero attached hydrogens (tertiary/aromatic N) is 1. The van der Waals surface area contributed by atoms with Gasteiger partial charge in [0.2, 0.25) is 0 Å². The van der Waals surface area contributed by atoms with Crippen LogP contribution in [0.4, 0.5) is 5.69 Å². The van der Waals surface area contributed by atoms with Crippen molar-refractivity contribution in [2.24, 2.45) is 5.73 Å². The topological polar surface area (TPSA) is 60.2 Å². The van der Waals surface area contributed by atoms with Gasteiger partial charge in [0.25, 0.3) is 0 Å². The summed E-state index contributed by atoms with van der Waals surface area (Å²) < 4.78 is 5.25. The molecule has 0 aliphatic carbocycles. The van der Waals surface area contributed by atoms with Crippen LogP contribution in [0.2, 0.25) is 0 Å². The van der Waals surface area contributed by atoms with Gasteiger partial charge in [-0.15, -0.1) is 0 Å². The summed E-state index contributed by atoms with van der Waals surface area (Å²) in [4.78, 5) is 4.24. The highest BCUT2D eigenvalue weighted by atomic mass is 32.1. The molecular formula is C11H11N3OS. The lowest BCUT2D eigenvalue weighted by molar-refractivity contribution is 0.417. The molecular weight excluding hydrogens is 222 g/mol. The van der Waals surface area contributed by atoms with Crippen molar-refractivity contribution < 1.29 is 4.74 Å². The first kappa shape index (κ1) is 10.6. The molecule has 0 amide bonds. The molecule has 0 radical (unpaired) electrons. The molecule has 0 atom stereocenters. The molecule has 0 aliphatic heterocycles. The zero-order valence-corrected chi connectivity index (χ0v) is 9.54. The molecule has 5 heteroatoms. The van der Waals surface area contributed by atoms with Crippen molar-refractivity contribution in [2.75, 3.05) is 12.4 Å². The normalized spacial score (nSPS) is 10.1. The van der Waals surface area contributed by atoms with Gasteiger partial charge in [-0.2, -0.15) is 0 Å². The van der Waals surface area contributed by atoms with Gasteiger partial charge in [-0.3, -0.25) is 4.98 Å². The van der Waals surface area contributed by atoms with Crippen LogP contribution in [0.5, 0.6) is 5.75 Å². The Morgan fingerprint density at radius 3 is 2.94 bits per heavy atom. The van der Waals surface area contributed by atoms with E-state index < -0.39 is 0 Å². The predicted molar refractivity (Wildman–Crippen MR) is 68.7 cm³/mol. The second kappa shape index (κ2) is 4.32. The summed E-state index contributed by atoms with van der Waals surface area (Å²) >= 11 is 4.84. The minimum atomic E-state index is 0.203. The maximum Gasteiger partial charge on any atom is 0.168 e. The van der Waals surface area contributed by atoms with Gasteiger partial charge in [-0.05, 0) is 36.5 Å². The van der Waals surface area contributed by atoms with E-state index in [0.717, 1.165) is 16.6 Å². The van der Waals surface area contributed by atoms with E-state index in [-0.39, 0.29) is 5.11 Å².